The van der Waals surface area contributed by atoms with Crippen molar-refractivity contribution >= 4 is 38.1 Å². The van der Waals surface area contributed by atoms with Crippen LogP contribution < -0.4 is 5.32 Å². The van der Waals surface area contributed by atoms with Gasteiger partial charge in [-0.1, -0.05) is 6.42 Å². The molecule has 1 aromatic carbocycles. The molecule has 0 bridgehead atoms. The number of aryl methyl sites for hydroxylation is 2. The molecular formula is C17H20N4O5S2. The molecule has 1 aliphatic rings. The minimum Gasteiger partial charge on any atom is -0.301 e. The summed E-state index contributed by atoms with van der Waals surface area (Å²) in [5.41, 5.74) is 0.626. The average Bonchev–Trinajstić information content (AvgIpc) is 2.98. The maximum absolute atomic E-state index is 13.1. The summed E-state index contributed by atoms with van der Waals surface area (Å²) in [6.07, 6.45) is 1.78. The van der Waals surface area contributed by atoms with E-state index >= 15 is 0 Å². The molecule has 0 saturated carbocycles. The number of sulfonamides is 1. The topological polar surface area (TPSA) is 123 Å². The van der Waals surface area contributed by atoms with E-state index in [4.69, 9.17) is 0 Å². The molecule has 0 radical (unpaired) electrons. The number of rotatable bonds is 5. The number of aromatic nitrogens is 1. The summed E-state index contributed by atoms with van der Waals surface area (Å²) < 4.78 is 27.3. The number of hydrogen-bond donors (Lipinski definition) is 1. The van der Waals surface area contributed by atoms with E-state index in [0.29, 0.717) is 18.0 Å². The van der Waals surface area contributed by atoms with E-state index in [-0.39, 0.29) is 17.1 Å². The summed E-state index contributed by atoms with van der Waals surface area (Å²) in [5.74, 6) is -0.418. The van der Waals surface area contributed by atoms with Crippen LogP contribution in [0.5, 0.6) is 0 Å². The summed E-state index contributed by atoms with van der Waals surface area (Å²) >= 11 is 1.34. The van der Waals surface area contributed by atoms with Crippen molar-refractivity contribution in [3.63, 3.8) is 0 Å². The number of anilines is 1. The van der Waals surface area contributed by atoms with Crippen molar-refractivity contribution in [1.82, 2.24) is 9.29 Å². The highest BCUT2D eigenvalue weighted by molar-refractivity contribution is 7.89. The van der Waals surface area contributed by atoms with Crippen LogP contribution in [-0.2, 0) is 14.8 Å². The summed E-state index contributed by atoms with van der Waals surface area (Å²) in [7, 11) is -3.96. The maximum Gasteiger partial charge on any atom is 0.269 e. The van der Waals surface area contributed by atoms with Gasteiger partial charge in [-0.15, -0.1) is 11.3 Å². The van der Waals surface area contributed by atoms with Gasteiger partial charge in [-0.05, 0) is 38.8 Å². The van der Waals surface area contributed by atoms with Crippen LogP contribution in [-0.4, -0.2) is 41.1 Å². The third-order valence-electron chi connectivity index (χ3n) is 4.67. The van der Waals surface area contributed by atoms with E-state index in [9.17, 15) is 23.3 Å². The number of nitro benzene ring substituents is 1. The minimum atomic E-state index is -3.96. The summed E-state index contributed by atoms with van der Waals surface area (Å²) in [5, 5.41) is 14.0. The molecule has 150 valence electrons. The lowest BCUT2D eigenvalue weighted by atomic mass is 10.0. The molecule has 1 N–H and O–H groups in total. The van der Waals surface area contributed by atoms with Crippen molar-refractivity contribution in [2.75, 3.05) is 11.9 Å². The second-order valence-electron chi connectivity index (χ2n) is 6.53. The van der Waals surface area contributed by atoms with Gasteiger partial charge >= 0.3 is 0 Å². The number of carbonyl (C=O) groups is 1. The Morgan fingerprint density at radius 3 is 2.54 bits per heavy atom. The largest absolute Gasteiger partial charge is 0.301 e. The third-order valence-corrected chi connectivity index (χ3v) is 7.58. The second-order valence-corrected chi connectivity index (χ2v) is 9.62. The first kappa shape index (κ1) is 20.4. The fraction of sp³-hybridized carbons (Fsp3) is 0.412. The molecule has 1 amide bonds. The van der Waals surface area contributed by atoms with Gasteiger partial charge in [0.15, 0.2) is 5.13 Å². The van der Waals surface area contributed by atoms with E-state index in [1.165, 1.54) is 27.8 Å². The molecule has 0 spiro atoms. The van der Waals surface area contributed by atoms with Crippen LogP contribution in [0.25, 0.3) is 0 Å². The van der Waals surface area contributed by atoms with Gasteiger partial charge < -0.3 is 5.32 Å². The maximum atomic E-state index is 13.1. The van der Waals surface area contributed by atoms with Crippen molar-refractivity contribution in [3.8, 4) is 0 Å². The Labute approximate surface area is 166 Å². The smallest absolute Gasteiger partial charge is 0.269 e. The lowest BCUT2D eigenvalue weighted by Gasteiger charge is -2.33. The molecule has 11 heteroatoms. The van der Waals surface area contributed by atoms with Gasteiger partial charge in [0.1, 0.15) is 6.04 Å². The molecule has 1 aromatic heterocycles. The Kier molecular flexibility index (Phi) is 5.77. The number of hydrogen-bond acceptors (Lipinski definition) is 7. The Morgan fingerprint density at radius 1 is 1.29 bits per heavy atom. The van der Waals surface area contributed by atoms with Crippen molar-refractivity contribution in [2.24, 2.45) is 0 Å². The summed E-state index contributed by atoms with van der Waals surface area (Å²) in [6, 6.07) is 3.84. The van der Waals surface area contributed by atoms with Crippen LogP contribution in [0.2, 0.25) is 0 Å². The van der Waals surface area contributed by atoms with Crippen LogP contribution >= 0.6 is 11.3 Å². The summed E-state index contributed by atoms with van der Waals surface area (Å²) in [4.78, 5) is 28.2. The number of nitro groups is 1. The Morgan fingerprint density at radius 2 is 1.96 bits per heavy atom. The fourth-order valence-corrected chi connectivity index (χ4v) is 5.52. The van der Waals surface area contributed by atoms with E-state index in [2.05, 4.69) is 10.3 Å². The number of non-ortho nitro benzene ring substituents is 1. The molecule has 0 unspecified atom stereocenters. The molecule has 2 aromatic rings. The first-order valence-corrected chi connectivity index (χ1v) is 11.0. The number of benzene rings is 1. The number of carbonyl (C=O) groups excluding carboxylic acids is 1. The monoisotopic (exact) mass is 424 g/mol. The van der Waals surface area contributed by atoms with Crippen molar-refractivity contribution < 1.29 is 18.1 Å². The molecule has 1 aliphatic heterocycles. The average molecular weight is 425 g/mol. The van der Waals surface area contributed by atoms with E-state index in [1.54, 1.807) is 0 Å². The number of nitrogens with zero attached hydrogens (tertiary/aromatic N) is 3. The lowest BCUT2D eigenvalue weighted by Crippen LogP contribution is -2.49. The van der Waals surface area contributed by atoms with Gasteiger partial charge in [0.2, 0.25) is 15.9 Å². The highest BCUT2D eigenvalue weighted by Crippen LogP contribution is 2.28. The van der Waals surface area contributed by atoms with E-state index in [0.717, 1.165) is 29.1 Å². The first-order valence-electron chi connectivity index (χ1n) is 8.71. The molecule has 0 aliphatic carbocycles. The normalized spacial score (nSPS) is 18.0. The molecule has 28 heavy (non-hydrogen) atoms. The highest BCUT2D eigenvalue weighted by atomic mass is 32.2. The zero-order chi connectivity index (χ0) is 20.5. The lowest BCUT2D eigenvalue weighted by molar-refractivity contribution is -0.384. The zero-order valence-electron chi connectivity index (χ0n) is 15.4. The standard InChI is InChI=1S/C17H20N4O5S2/c1-11-12(2)27-17(18-11)19-16(22)15-5-3-4-10-20(15)28(25,26)14-8-6-13(7-9-14)21(23)24/h6-9,15H,3-5,10H2,1-2H3,(H,18,19,22)/t15-/m1/s1. The first-order chi connectivity index (χ1) is 13.2. The molecule has 1 saturated heterocycles. The van der Waals surface area contributed by atoms with Gasteiger partial charge in [0, 0.05) is 23.6 Å². The molecule has 9 nitrogen and oxygen atoms in total. The third kappa shape index (κ3) is 4.05. The SMILES string of the molecule is Cc1nc(NC(=O)[C@H]2CCCCN2S(=O)(=O)c2ccc([N+](=O)[O-])cc2)sc1C. The Bertz CT molecular complexity index is 982. The Hall–Kier alpha value is -2.37. The van der Waals surface area contributed by atoms with Crippen LogP contribution in [0.15, 0.2) is 29.2 Å². The molecule has 1 fully saturated rings. The number of thiazole rings is 1. The highest BCUT2D eigenvalue weighted by Gasteiger charge is 2.38. The quantitative estimate of drug-likeness (QED) is 0.582. The van der Waals surface area contributed by atoms with Gasteiger partial charge in [-0.2, -0.15) is 4.31 Å². The van der Waals surface area contributed by atoms with Crippen LogP contribution in [0.1, 0.15) is 29.8 Å². The van der Waals surface area contributed by atoms with E-state index < -0.39 is 26.9 Å². The van der Waals surface area contributed by atoms with E-state index in [1.807, 2.05) is 13.8 Å². The molecule has 2 heterocycles. The Balaban J connectivity index is 1.85. The van der Waals surface area contributed by atoms with Crippen molar-refractivity contribution in [2.45, 2.75) is 44.0 Å². The fourth-order valence-electron chi connectivity index (χ4n) is 3.04. The predicted molar refractivity (Wildman–Crippen MR) is 105 cm³/mol. The van der Waals surface area contributed by atoms with Gasteiger partial charge in [-0.3, -0.25) is 14.9 Å². The van der Waals surface area contributed by atoms with Crippen molar-refractivity contribution in [3.05, 3.63) is 45.0 Å². The van der Waals surface area contributed by atoms with Crippen molar-refractivity contribution in [1.29, 1.82) is 0 Å². The van der Waals surface area contributed by atoms with Gasteiger partial charge in [-0.25, -0.2) is 13.4 Å². The molecular weight excluding hydrogens is 404 g/mol. The van der Waals surface area contributed by atoms with Crippen LogP contribution in [0.4, 0.5) is 10.8 Å². The zero-order valence-corrected chi connectivity index (χ0v) is 17.0. The minimum absolute atomic E-state index is 0.0706. The van der Waals surface area contributed by atoms with Gasteiger partial charge in [0.25, 0.3) is 5.69 Å². The van der Waals surface area contributed by atoms with Crippen LogP contribution in [0.3, 0.4) is 0 Å². The summed E-state index contributed by atoms with van der Waals surface area (Å²) in [6.45, 7) is 3.95. The number of piperidine rings is 1. The number of nitrogens with one attached hydrogen (secondary N) is 1. The van der Waals surface area contributed by atoms with Crippen LogP contribution in [0, 0.1) is 24.0 Å². The predicted octanol–water partition coefficient (Wildman–Crippen LogP) is 2.85. The molecule has 3 rings (SSSR count). The number of amides is 1. The second kappa shape index (κ2) is 7.94. The van der Waals surface area contributed by atoms with Gasteiger partial charge in [0.05, 0.1) is 15.5 Å². The molecule has 1 atom stereocenters.